The van der Waals surface area contributed by atoms with Gasteiger partial charge >= 0.3 is 5.97 Å². The van der Waals surface area contributed by atoms with Crippen LogP contribution in [0.2, 0.25) is 0 Å². The number of ether oxygens (including phenoxy) is 2. The largest absolute Gasteiger partial charge is 0.496 e. The van der Waals surface area contributed by atoms with E-state index in [2.05, 4.69) is 38.3 Å². The summed E-state index contributed by atoms with van der Waals surface area (Å²) in [5.41, 5.74) is -1.12. The van der Waals surface area contributed by atoms with E-state index in [0.29, 0.717) is 69.5 Å². The number of H-pyrrole nitrogens is 1. The molecule has 3 aromatic rings. The number of aromatic amines is 1. The minimum Gasteiger partial charge on any atom is -0.496 e. The molecule has 0 radical (unpaired) electrons. The Labute approximate surface area is 328 Å². The molecule has 9 rings (SSSR count). The van der Waals surface area contributed by atoms with Gasteiger partial charge in [-0.25, -0.2) is 0 Å². The van der Waals surface area contributed by atoms with Crippen LogP contribution in [-0.2, 0) is 31.6 Å². The van der Waals surface area contributed by atoms with E-state index in [9.17, 15) is 20.1 Å². The predicted molar refractivity (Wildman–Crippen MR) is 213 cm³/mol. The topological polar surface area (TPSA) is 151 Å². The Morgan fingerprint density at radius 1 is 1.04 bits per heavy atom. The van der Waals surface area contributed by atoms with E-state index >= 15 is 4.79 Å². The number of carbonyl (C=O) groups is 2. The molecular formula is C44H57N5O7. The average molecular weight is 768 g/mol. The zero-order valence-electron chi connectivity index (χ0n) is 33.5. The number of anilines is 1. The Hall–Kier alpha value is -3.94. The fourth-order valence-electron chi connectivity index (χ4n) is 13.2. The molecule has 2 bridgehead atoms. The molecule has 6 heterocycles. The summed E-state index contributed by atoms with van der Waals surface area (Å²) in [6.07, 6.45) is 6.01. The number of hydrogen-bond acceptors (Lipinski definition) is 10. The van der Waals surface area contributed by atoms with Gasteiger partial charge in [-0.05, 0) is 74.2 Å². The highest BCUT2D eigenvalue weighted by Crippen LogP contribution is 2.67. The third-order valence-electron chi connectivity index (χ3n) is 15.4. The average Bonchev–Trinajstić information content (AvgIpc) is 3.87. The standard InChI is InChI=1S/C44H57N5O7/c1-7-40(53)22-26-23-43(39(52)56-6,34-28(14-18-48(24-26)25-40)27-12-9-10-13-31(27)46-34)30-20-29-32(21-33(30)55-5)47(4)36-42(29)16-19-49-17-11-15-41(8-2,35(42)49)37(50)44(36,54)38(51)45-3/h9-13,15,20-21,26,35-37,46,50,53-54H,7-8,14,16-19,22-25H2,1-6H3,(H,45,51)/t26-,35+,36-,37-,40+,41-,42-,43+,44+/m1/s1. The number of nitrogens with one attached hydrogen (secondary N) is 2. The van der Waals surface area contributed by atoms with Crippen LogP contribution >= 0.6 is 0 Å². The monoisotopic (exact) mass is 767 g/mol. The van der Waals surface area contributed by atoms with Crippen molar-refractivity contribution in [1.82, 2.24) is 20.1 Å². The molecule has 2 aromatic carbocycles. The number of aromatic nitrogens is 1. The summed E-state index contributed by atoms with van der Waals surface area (Å²) >= 11 is 0. The summed E-state index contributed by atoms with van der Waals surface area (Å²) in [4.78, 5) is 39.9. The summed E-state index contributed by atoms with van der Waals surface area (Å²) in [6, 6.07) is 11.2. The van der Waals surface area contributed by atoms with Crippen LogP contribution in [0.1, 0.15) is 68.3 Å². The van der Waals surface area contributed by atoms with Crippen molar-refractivity contribution in [2.45, 2.75) is 92.6 Å². The second-order valence-electron chi connectivity index (χ2n) is 17.7. The maximum absolute atomic E-state index is 15.2. The molecule has 12 nitrogen and oxygen atoms in total. The number of para-hydroxylation sites is 1. The summed E-state index contributed by atoms with van der Waals surface area (Å²) in [5.74, 6) is -0.624. The molecule has 1 spiro atoms. The molecule has 1 aliphatic carbocycles. The highest BCUT2D eigenvalue weighted by Gasteiger charge is 2.78. The lowest BCUT2D eigenvalue weighted by atomic mass is 9.47. The number of likely N-dealkylation sites (N-methyl/N-ethyl adjacent to an activating group) is 2. The van der Waals surface area contributed by atoms with Crippen molar-refractivity contribution in [2.24, 2.45) is 11.3 Å². The van der Waals surface area contributed by atoms with E-state index < -0.39 is 51.5 Å². The van der Waals surface area contributed by atoms with Gasteiger partial charge in [0.25, 0.3) is 5.91 Å². The third-order valence-corrected chi connectivity index (χ3v) is 15.4. The number of hydrogen-bond donors (Lipinski definition) is 5. The van der Waals surface area contributed by atoms with Crippen molar-refractivity contribution in [3.63, 3.8) is 0 Å². The normalized spacial score (nSPS) is 38.4. The number of esters is 1. The van der Waals surface area contributed by atoms with Crippen LogP contribution in [0.5, 0.6) is 5.75 Å². The van der Waals surface area contributed by atoms with Crippen LogP contribution < -0.4 is 15.0 Å². The molecule has 1 saturated carbocycles. The number of nitrogens with zero attached hydrogens (tertiary/aromatic N) is 3. The lowest BCUT2D eigenvalue weighted by molar-refractivity contribution is -0.203. The Morgan fingerprint density at radius 3 is 2.54 bits per heavy atom. The van der Waals surface area contributed by atoms with E-state index in [0.717, 1.165) is 46.5 Å². The molecular weight excluding hydrogens is 711 g/mol. The van der Waals surface area contributed by atoms with Crippen molar-refractivity contribution >= 4 is 28.5 Å². The Kier molecular flexibility index (Phi) is 8.59. The minimum atomic E-state index is -2.18. The van der Waals surface area contributed by atoms with Crippen molar-refractivity contribution in [1.29, 1.82) is 0 Å². The number of amides is 1. The van der Waals surface area contributed by atoms with E-state index in [1.54, 1.807) is 7.11 Å². The van der Waals surface area contributed by atoms with E-state index in [1.165, 1.54) is 14.2 Å². The molecule has 1 aromatic heterocycles. The van der Waals surface area contributed by atoms with Gasteiger partial charge in [-0.15, -0.1) is 0 Å². The van der Waals surface area contributed by atoms with Gasteiger partial charge in [-0.3, -0.25) is 19.4 Å². The minimum absolute atomic E-state index is 0.0712. The fourth-order valence-corrected chi connectivity index (χ4v) is 13.2. The number of piperidine rings is 1. The molecule has 56 heavy (non-hydrogen) atoms. The molecule has 2 saturated heterocycles. The van der Waals surface area contributed by atoms with Crippen LogP contribution in [0.4, 0.5) is 5.69 Å². The first-order valence-electron chi connectivity index (χ1n) is 20.5. The molecule has 3 fully saturated rings. The van der Waals surface area contributed by atoms with Gasteiger partial charge in [0.15, 0.2) is 5.60 Å². The Morgan fingerprint density at radius 2 is 1.82 bits per heavy atom. The molecule has 10 atom stereocenters. The lowest BCUT2D eigenvalue weighted by Crippen LogP contribution is -2.81. The molecule has 300 valence electrons. The van der Waals surface area contributed by atoms with Gasteiger partial charge in [0.2, 0.25) is 0 Å². The molecule has 5 N–H and O–H groups in total. The first-order chi connectivity index (χ1) is 26.8. The maximum Gasteiger partial charge on any atom is 0.322 e. The van der Waals surface area contributed by atoms with Crippen molar-refractivity contribution in [2.75, 3.05) is 65.9 Å². The zero-order valence-corrected chi connectivity index (χ0v) is 33.5. The fraction of sp³-hybridized carbons (Fsp3) is 0.591. The zero-order chi connectivity index (χ0) is 39.6. The second-order valence-corrected chi connectivity index (χ2v) is 17.7. The van der Waals surface area contributed by atoms with E-state index in [4.69, 9.17) is 9.47 Å². The van der Waals surface area contributed by atoms with Crippen LogP contribution in [0.3, 0.4) is 0 Å². The summed E-state index contributed by atoms with van der Waals surface area (Å²) in [5, 5.41) is 41.1. The molecule has 1 unspecified atom stereocenters. The van der Waals surface area contributed by atoms with E-state index in [-0.39, 0.29) is 12.0 Å². The number of methoxy groups -OCH3 is 2. The van der Waals surface area contributed by atoms with Crippen LogP contribution in [0, 0.1) is 11.3 Å². The first-order valence-corrected chi connectivity index (χ1v) is 20.5. The Balaban J connectivity index is 1.36. The predicted octanol–water partition coefficient (Wildman–Crippen LogP) is 2.99. The Bertz CT molecular complexity index is 2140. The second kappa shape index (κ2) is 12.8. The van der Waals surface area contributed by atoms with E-state index in [1.807, 2.05) is 56.1 Å². The van der Waals surface area contributed by atoms with Crippen LogP contribution in [0.25, 0.3) is 10.9 Å². The maximum atomic E-state index is 15.2. The molecule has 12 heteroatoms. The number of benzene rings is 2. The SMILES string of the molecule is CC[C@]1(O)C[C@H]2CN(CCc3c([nH]c4ccccc34)[C@@](C(=O)OC)(c3cc4c(cc3OC)N(C)[C@H]3[C@@](O)(C(=O)NC)[C@H](O)[C@]5(CC)C=CCN6CC[C@]43[C@@H]65)C2)C1. The van der Waals surface area contributed by atoms with Gasteiger partial charge in [-0.2, -0.15) is 0 Å². The number of aliphatic hydroxyl groups is 3. The summed E-state index contributed by atoms with van der Waals surface area (Å²) in [6.45, 7) is 7.49. The number of rotatable bonds is 6. The molecule has 6 aliphatic rings. The highest BCUT2D eigenvalue weighted by atomic mass is 16.5. The number of fused-ring (bicyclic) bond motifs is 6. The van der Waals surface area contributed by atoms with Gasteiger partial charge in [-0.1, -0.05) is 44.2 Å². The van der Waals surface area contributed by atoms with Crippen LogP contribution in [-0.4, -0.2) is 132 Å². The summed E-state index contributed by atoms with van der Waals surface area (Å²) in [7, 11) is 6.46. The van der Waals surface area contributed by atoms with Crippen molar-refractivity contribution in [3.8, 4) is 5.75 Å². The van der Waals surface area contributed by atoms with Gasteiger partial charge in [0.05, 0.1) is 25.9 Å². The quantitative estimate of drug-likeness (QED) is 0.187. The number of carbonyl (C=O) groups excluding carboxylic acids is 2. The molecule has 5 aliphatic heterocycles. The van der Waals surface area contributed by atoms with Crippen molar-refractivity contribution < 1.29 is 34.4 Å². The van der Waals surface area contributed by atoms with Crippen molar-refractivity contribution in [3.05, 3.63) is 70.9 Å². The van der Waals surface area contributed by atoms with Gasteiger partial charge in [0, 0.05) is 91.1 Å². The van der Waals surface area contributed by atoms with Gasteiger partial charge < -0.3 is 40.0 Å². The molecule has 1 amide bonds. The highest BCUT2D eigenvalue weighted by molar-refractivity contribution is 5.95. The van der Waals surface area contributed by atoms with Gasteiger partial charge in [0.1, 0.15) is 17.3 Å². The lowest BCUT2D eigenvalue weighted by Gasteiger charge is -2.63. The van der Waals surface area contributed by atoms with Crippen LogP contribution in [0.15, 0.2) is 48.6 Å². The smallest absolute Gasteiger partial charge is 0.322 e. The first kappa shape index (κ1) is 37.6. The summed E-state index contributed by atoms with van der Waals surface area (Å²) < 4.78 is 12.3. The third kappa shape index (κ3) is 4.59. The number of aliphatic hydroxyl groups excluding tert-OH is 1.